The van der Waals surface area contributed by atoms with Gasteiger partial charge in [-0.15, -0.1) is 0 Å². The second kappa shape index (κ2) is 6.87. The topological polar surface area (TPSA) is 53.6 Å². The molecule has 0 spiro atoms. The number of H-pyrrole nitrogens is 1. The first-order chi connectivity index (χ1) is 12.3. The van der Waals surface area contributed by atoms with E-state index in [-0.39, 0.29) is 0 Å². The summed E-state index contributed by atoms with van der Waals surface area (Å²) in [7, 11) is 0. The van der Waals surface area contributed by atoms with Crippen molar-refractivity contribution in [3.8, 4) is 11.4 Å². The Bertz CT molecular complexity index is 986. The maximum atomic E-state index is 4.50. The smallest absolute Gasteiger partial charge is 0.159 e. The van der Waals surface area contributed by atoms with Crippen LogP contribution in [0.15, 0.2) is 67.1 Å². The molecule has 0 aliphatic heterocycles. The molecule has 0 unspecified atom stereocenters. The zero-order chi connectivity index (χ0) is 17.1. The number of nitrogens with one attached hydrogen (secondary N) is 2. The molecule has 0 aliphatic rings. The summed E-state index contributed by atoms with van der Waals surface area (Å²) in [5.41, 5.74) is 5.81. The van der Waals surface area contributed by atoms with Crippen LogP contribution in [0.1, 0.15) is 16.7 Å². The van der Waals surface area contributed by atoms with Crippen LogP contribution in [0.5, 0.6) is 0 Å². The summed E-state index contributed by atoms with van der Waals surface area (Å²) in [6.45, 7) is 3.64. The minimum atomic E-state index is 0.745. The van der Waals surface area contributed by atoms with Crippen LogP contribution in [-0.2, 0) is 13.1 Å². The Labute approximate surface area is 147 Å². The fourth-order valence-corrected chi connectivity index (χ4v) is 3.03. The molecule has 0 aliphatic carbocycles. The molecule has 2 heterocycles. The van der Waals surface area contributed by atoms with Crippen LogP contribution < -0.4 is 5.32 Å². The van der Waals surface area contributed by atoms with Crippen LogP contribution in [0.4, 0.5) is 0 Å². The van der Waals surface area contributed by atoms with E-state index in [1.165, 1.54) is 22.0 Å². The van der Waals surface area contributed by atoms with Crippen LogP contribution >= 0.6 is 0 Å². The van der Waals surface area contributed by atoms with Gasteiger partial charge in [0.15, 0.2) is 5.82 Å². The van der Waals surface area contributed by atoms with Crippen LogP contribution in [0, 0.1) is 6.92 Å². The number of aromatic nitrogens is 3. The number of fused-ring (bicyclic) bond motifs is 1. The highest BCUT2D eigenvalue weighted by molar-refractivity contribution is 5.82. The van der Waals surface area contributed by atoms with Gasteiger partial charge >= 0.3 is 0 Å². The number of hydrogen-bond donors (Lipinski definition) is 2. The van der Waals surface area contributed by atoms with Crippen molar-refractivity contribution >= 4 is 10.9 Å². The SMILES string of the molecule is Cc1cccc(-c2ncc(CNCc3cccc4[nH]ccc34)cn2)c1. The third-order valence-electron chi connectivity index (χ3n) is 4.31. The number of benzene rings is 2. The molecule has 0 radical (unpaired) electrons. The molecule has 0 fully saturated rings. The highest BCUT2D eigenvalue weighted by Gasteiger charge is 2.03. The molecule has 0 saturated heterocycles. The third kappa shape index (κ3) is 3.44. The van der Waals surface area contributed by atoms with E-state index in [2.05, 4.69) is 63.6 Å². The summed E-state index contributed by atoms with van der Waals surface area (Å²) in [5, 5.41) is 4.74. The van der Waals surface area contributed by atoms with Crippen LogP contribution in [0.2, 0.25) is 0 Å². The first kappa shape index (κ1) is 15.5. The van der Waals surface area contributed by atoms with Gasteiger partial charge in [0, 0.05) is 53.7 Å². The lowest BCUT2D eigenvalue weighted by Crippen LogP contribution is -2.13. The Morgan fingerprint density at radius 2 is 1.80 bits per heavy atom. The number of aryl methyl sites for hydroxylation is 1. The summed E-state index contributed by atoms with van der Waals surface area (Å²) in [4.78, 5) is 12.2. The van der Waals surface area contributed by atoms with E-state index in [4.69, 9.17) is 0 Å². The zero-order valence-electron chi connectivity index (χ0n) is 14.2. The number of nitrogens with zero attached hydrogens (tertiary/aromatic N) is 2. The average molecular weight is 328 g/mol. The van der Waals surface area contributed by atoms with Crippen LogP contribution in [-0.4, -0.2) is 15.0 Å². The maximum absolute atomic E-state index is 4.50. The minimum absolute atomic E-state index is 0.745. The summed E-state index contributed by atoms with van der Waals surface area (Å²) >= 11 is 0. The standard InChI is InChI=1S/C21H20N4/c1-15-4-2-5-17(10-15)21-24-12-16(13-25-21)11-22-14-18-6-3-7-20-19(18)8-9-23-20/h2-10,12-13,22-23H,11,14H2,1H3. The molecular formula is C21H20N4. The Hall–Kier alpha value is -2.98. The molecule has 4 aromatic rings. The zero-order valence-corrected chi connectivity index (χ0v) is 14.2. The normalized spacial score (nSPS) is 11.1. The minimum Gasteiger partial charge on any atom is -0.361 e. The van der Waals surface area contributed by atoms with Gasteiger partial charge in [-0.2, -0.15) is 0 Å². The molecule has 2 aromatic heterocycles. The van der Waals surface area contributed by atoms with E-state index < -0.39 is 0 Å². The van der Waals surface area contributed by atoms with Gasteiger partial charge in [-0.3, -0.25) is 0 Å². The molecule has 4 heteroatoms. The third-order valence-corrected chi connectivity index (χ3v) is 4.31. The lowest BCUT2D eigenvalue weighted by molar-refractivity contribution is 0.692. The molecule has 0 atom stereocenters. The van der Waals surface area contributed by atoms with Gasteiger partial charge in [0.2, 0.25) is 0 Å². The molecule has 4 nitrogen and oxygen atoms in total. The average Bonchev–Trinajstić information content (AvgIpc) is 3.12. The predicted octanol–water partition coefficient (Wildman–Crippen LogP) is 4.22. The number of hydrogen-bond acceptors (Lipinski definition) is 3. The summed E-state index contributed by atoms with van der Waals surface area (Å²) in [5.74, 6) is 0.768. The van der Waals surface area contributed by atoms with Crippen molar-refractivity contribution < 1.29 is 0 Å². The first-order valence-electron chi connectivity index (χ1n) is 8.43. The van der Waals surface area contributed by atoms with Gasteiger partial charge in [0.1, 0.15) is 0 Å². The molecule has 124 valence electrons. The van der Waals surface area contributed by atoms with Crippen molar-refractivity contribution in [3.05, 3.63) is 83.8 Å². The molecule has 2 N–H and O–H groups in total. The Morgan fingerprint density at radius 1 is 0.960 bits per heavy atom. The Balaban J connectivity index is 1.41. The van der Waals surface area contributed by atoms with E-state index in [1.54, 1.807) is 0 Å². The van der Waals surface area contributed by atoms with Crippen molar-refractivity contribution in [3.63, 3.8) is 0 Å². The second-order valence-electron chi connectivity index (χ2n) is 6.24. The van der Waals surface area contributed by atoms with Crippen LogP contribution in [0.3, 0.4) is 0 Å². The lowest BCUT2D eigenvalue weighted by Gasteiger charge is -2.07. The molecule has 0 amide bonds. The van der Waals surface area contributed by atoms with Crippen molar-refractivity contribution in [2.24, 2.45) is 0 Å². The molecular weight excluding hydrogens is 308 g/mol. The van der Waals surface area contributed by atoms with Gasteiger partial charge < -0.3 is 10.3 Å². The fraction of sp³-hybridized carbons (Fsp3) is 0.143. The van der Waals surface area contributed by atoms with Crippen molar-refractivity contribution in [1.82, 2.24) is 20.3 Å². The highest BCUT2D eigenvalue weighted by Crippen LogP contribution is 2.18. The van der Waals surface area contributed by atoms with Gasteiger partial charge in [0.05, 0.1) is 0 Å². The van der Waals surface area contributed by atoms with Gasteiger partial charge in [0.25, 0.3) is 0 Å². The predicted molar refractivity (Wildman–Crippen MR) is 101 cm³/mol. The number of aromatic amines is 1. The fourth-order valence-electron chi connectivity index (χ4n) is 3.03. The Morgan fingerprint density at radius 3 is 2.64 bits per heavy atom. The molecule has 0 saturated carbocycles. The van der Waals surface area contributed by atoms with E-state index in [1.807, 2.05) is 30.7 Å². The van der Waals surface area contributed by atoms with Crippen molar-refractivity contribution in [2.45, 2.75) is 20.0 Å². The van der Waals surface area contributed by atoms with Gasteiger partial charge in [-0.25, -0.2) is 9.97 Å². The summed E-state index contributed by atoms with van der Waals surface area (Å²) < 4.78 is 0. The van der Waals surface area contributed by atoms with Crippen molar-refractivity contribution in [2.75, 3.05) is 0 Å². The monoisotopic (exact) mass is 328 g/mol. The quantitative estimate of drug-likeness (QED) is 0.576. The largest absolute Gasteiger partial charge is 0.361 e. The summed E-state index contributed by atoms with van der Waals surface area (Å²) in [6, 6.07) is 16.7. The van der Waals surface area contributed by atoms with Gasteiger partial charge in [-0.1, -0.05) is 35.9 Å². The highest BCUT2D eigenvalue weighted by atomic mass is 14.9. The molecule has 25 heavy (non-hydrogen) atoms. The van der Waals surface area contributed by atoms with Crippen molar-refractivity contribution in [1.29, 1.82) is 0 Å². The maximum Gasteiger partial charge on any atom is 0.159 e. The van der Waals surface area contributed by atoms with E-state index >= 15 is 0 Å². The molecule has 4 rings (SSSR count). The van der Waals surface area contributed by atoms with E-state index in [0.29, 0.717) is 0 Å². The van der Waals surface area contributed by atoms with Gasteiger partial charge in [-0.05, 0) is 30.7 Å². The Kier molecular flexibility index (Phi) is 4.27. The van der Waals surface area contributed by atoms with E-state index in [0.717, 1.165) is 30.0 Å². The second-order valence-corrected chi connectivity index (χ2v) is 6.24. The molecule has 0 bridgehead atoms. The first-order valence-corrected chi connectivity index (χ1v) is 8.43. The lowest BCUT2D eigenvalue weighted by atomic mass is 10.1. The molecule has 2 aromatic carbocycles. The summed E-state index contributed by atoms with van der Waals surface area (Å²) in [6.07, 6.45) is 5.77. The van der Waals surface area contributed by atoms with E-state index in [9.17, 15) is 0 Å². The van der Waals surface area contributed by atoms with Crippen LogP contribution in [0.25, 0.3) is 22.3 Å². The number of rotatable bonds is 5.